The van der Waals surface area contributed by atoms with Crippen molar-refractivity contribution in [2.24, 2.45) is 0 Å². The average molecular weight is 528 g/mol. The first-order valence-corrected chi connectivity index (χ1v) is 13.7. The van der Waals surface area contributed by atoms with Crippen LogP contribution in [0.5, 0.6) is 5.75 Å². The summed E-state index contributed by atoms with van der Waals surface area (Å²) >= 11 is 1.45. The molecule has 1 aromatic heterocycles. The number of benzene rings is 3. The van der Waals surface area contributed by atoms with Crippen molar-refractivity contribution in [3.05, 3.63) is 88.7 Å². The maximum absolute atomic E-state index is 13.4. The van der Waals surface area contributed by atoms with Gasteiger partial charge < -0.3 is 15.0 Å². The number of hydrogen-bond acceptors (Lipinski definition) is 5. The first-order valence-electron chi connectivity index (χ1n) is 12.7. The molecule has 0 aliphatic heterocycles. The average Bonchev–Trinajstić information content (AvgIpc) is 3.44. The monoisotopic (exact) mass is 527 g/mol. The van der Waals surface area contributed by atoms with E-state index >= 15 is 0 Å². The van der Waals surface area contributed by atoms with Gasteiger partial charge in [0.1, 0.15) is 5.75 Å². The van der Waals surface area contributed by atoms with Crippen molar-refractivity contribution in [2.75, 3.05) is 11.9 Å². The lowest BCUT2D eigenvalue weighted by atomic mass is 9.97. The Morgan fingerprint density at radius 3 is 2.34 bits per heavy atom. The fourth-order valence-electron chi connectivity index (χ4n) is 4.32. The molecule has 2 amide bonds. The molecule has 0 bridgehead atoms. The Morgan fingerprint density at radius 1 is 0.974 bits per heavy atom. The number of amides is 2. The largest absolute Gasteiger partial charge is 0.415 e. The number of rotatable bonds is 7. The molecule has 0 aliphatic carbocycles. The summed E-state index contributed by atoms with van der Waals surface area (Å²) in [5.41, 5.74) is 6.89. The third kappa shape index (κ3) is 6.11. The molecule has 1 heterocycles. The highest BCUT2D eigenvalue weighted by Crippen LogP contribution is 2.34. The summed E-state index contributed by atoms with van der Waals surface area (Å²) in [6, 6.07) is 21.1. The number of aryl methyl sites for hydroxylation is 1. The number of hydrogen-bond donors (Lipinski definition) is 1. The van der Waals surface area contributed by atoms with Gasteiger partial charge in [0.15, 0.2) is 0 Å². The molecule has 196 valence electrons. The van der Waals surface area contributed by atoms with E-state index in [-0.39, 0.29) is 11.4 Å². The number of thiazole rings is 1. The molecule has 38 heavy (non-hydrogen) atoms. The van der Waals surface area contributed by atoms with Crippen molar-refractivity contribution in [1.29, 1.82) is 0 Å². The lowest BCUT2D eigenvalue weighted by Gasteiger charge is -2.33. The van der Waals surface area contributed by atoms with Crippen molar-refractivity contribution >= 4 is 29.0 Å². The van der Waals surface area contributed by atoms with Crippen LogP contribution in [0.15, 0.2) is 77.6 Å². The third-order valence-electron chi connectivity index (χ3n) is 6.33. The van der Waals surface area contributed by atoms with Crippen molar-refractivity contribution in [1.82, 2.24) is 9.88 Å². The Labute approximate surface area is 228 Å². The summed E-state index contributed by atoms with van der Waals surface area (Å²) < 4.78 is 5.83. The van der Waals surface area contributed by atoms with Gasteiger partial charge in [0.25, 0.3) is 5.91 Å². The van der Waals surface area contributed by atoms with Gasteiger partial charge in [-0.05, 0) is 75.1 Å². The van der Waals surface area contributed by atoms with Crippen LogP contribution in [0.1, 0.15) is 50.5 Å². The summed E-state index contributed by atoms with van der Waals surface area (Å²) in [5, 5.41) is 4.90. The summed E-state index contributed by atoms with van der Waals surface area (Å²) in [4.78, 5) is 32.5. The minimum absolute atomic E-state index is 0.223. The second-order valence-corrected chi connectivity index (χ2v) is 10.6. The van der Waals surface area contributed by atoms with Crippen molar-refractivity contribution < 1.29 is 14.3 Å². The molecule has 6 nitrogen and oxygen atoms in total. The molecule has 0 fully saturated rings. The van der Waals surface area contributed by atoms with Gasteiger partial charge in [-0.3, -0.25) is 4.79 Å². The molecule has 3 aromatic carbocycles. The highest BCUT2D eigenvalue weighted by molar-refractivity contribution is 7.07. The van der Waals surface area contributed by atoms with E-state index in [0.29, 0.717) is 34.8 Å². The van der Waals surface area contributed by atoms with Gasteiger partial charge >= 0.3 is 6.09 Å². The molecule has 7 heteroatoms. The summed E-state index contributed by atoms with van der Waals surface area (Å²) in [6.45, 7) is 10.5. The molecule has 0 spiro atoms. The van der Waals surface area contributed by atoms with Gasteiger partial charge in [0.2, 0.25) is 0 Å². The zero-order valence-electron chi connectivity index (χ0n) is 22.4. The molecule has 0 aliphatic rings. The minimum Gasteiger partial charge on any atom is -0.409 e. The van der Waals surface area contributed by atoms with E-state index in [9.17, 15) is 9.59 Å². The molecule has 0 saturated carbocycles. The second kappa shape index (κ2) is 11.6. The van der Waals surface area contributed by atoms with Gasteiger partial charge in [-0.2, -0.15) is 0 Å². The Kier molecular flexibility index (Phi) is 8.27. The Hall–Kier alpha value is -3.97. The Bertz CT molecular complexity index is 1410. The first kappa shape index (κ1) is 27.1. The predicted octanol–water partition coefficient (Wildman–Crippen LogP) is 7.91. The Morgan fingerprint density at radius 2 is 1.71 bits per heavy atom. The zero-order chi connectivity index (χ0) is 27.3. The molecule has 4 aromatic rings. The minimum atomic E-state index is -0.434. The summed E-state index contributed by atoms with van der Waals surface area (Å²) in [7, 11) is 0. The molecule has 0 saturated heterocycles. The SMILES string of the molecule is CCc1ccc(-c2ccccc2C(=O)Nc2ccc(OC(=O)N(CC)C(C)(C)C)c(-c3cscn3)c2)cc1. The van der Waals surface area contributed by atoms with Gasteiger partial charge in [0.05, 0.1) is 11.2 Å². The van der Waals surface area contributed by atoms with E-state index in [1.54, 1.807) is 28.6 Å². The second-order valence-electron chi connectivity index (χ2n) is 9.92. The third-order valence-corrected chi connectivity index (χ3v) is 6.92. The van der Waals surface area contributed by atoms with Crippen LogP contribution in [0.4, 0.5) is 10.5 Å². The Balaban J connectivity index is 1.63. The van der Waals surface area contributed by atoms with Crippen LogP contribution in [-0.2, 0) is 6.42 Å². The van der Waals surface area contributed by atoms with Crippen LogP contribution >= 0.6 is 11.3 Å². The number of nitrogens with one attached hydrogen (secondary N) is 1. The maximum Gasteiger partial charge on any atom is 0.415 e. The van der Waals surface area contributed by atoms with Crippen LogP contribution in [0.25, 0.3) is 22.4 Å². The first-order chi connectivity index (χ1) is 18.2. The number of carbonyl (C=O) groups excluding carboxylic acids is 2. The van der Waals surface area contributed by atoms with Crippen LogP contribution < -0.4 is 10.1 Å². The normalized spacial score (nSPS) is 11.2. The molecule has 0 atom stereocenters. The smallest absolute Gasteiger partial charge is 0.409 e. The number of carbonyl (C=O) groups is 2. The van der Waals surface area contributed by atoms with Crippen LogP contribution in [-0.4, -0.2) is 34.0 Å². The van der Waals surface area contributed by atoms with E-state index in [1.807, 2.05) is 69.5 Å². The van der Waals surface area contributed by atoms with E-state index in [4.69, 9.17) is 4.74 Å². The highest BCUT2D eigenvalue weighted by atomic mass is 32.1. The molecule has 4 rings (SSSR count). The van der Waals surface area contributed by atoms with Crippen LogP contribution in [0.3, 0.4) is 0 Å². The van der Waals surface area contributed by atoms with E-state index in [1.165, 1.54) is 16.9 Å². The van der Waals surface area contributed by atoms with Gasteiger partial charge in [-0.1, -0.05) is 49.4 Å². The fraction of sp³-hybridized carbons (Fsp3) is 0.258. The lowest BCUT2D eigenvalue weighted by Crippen LogP contribution is -2.46. The number of aromatic nitrogens is 1. The van der Waals surface area contributed by atoms with Gasteiger partial charge in [0, 0.05) is 34.3 Å². The van der Waals surface area contributed by atoms with Crippen molar-refractivity contribution in [3.8, 4) is 28.1 Å². The molecule has 1 N–H and O–H groups in total. The van der Waals surface area contributed by atoms with Crippen LogP contribution in [0, 0.1) is 0 Å². The maximum atomic E-state index is 13.4. The van der Waals surface area contributed by atoms with Crippen LogP contribution in [0.2, 0.25) is 0 Å². The summed E-state index contributed by atoms with van der Waals surface area (Å²) in [5.74, 6) is 0.164. The van der Waals surface area contributed by atoms with Crippen molar-refractivity contribution in [2.45, 2.75) is 46.6 Å². The van der Waals surface area contributed by atoms with E-state index in [0.717, 1.165) is 17.5 Å². The zero-order valence-corrected chi connectivity index (χ0v) is 23.3. The fourth-order valence-corrected chi connectivity index (χ4v) is 4.87. The molecule has 0 unspecified atom stereocenters. The molecular formula is C31H33N3O3S. The number of anilines is 1. The van der Waals surface area contributed by atoms with E-state index in [2.05, 4.69) is 29.4 Å². The quantitative estimate of drug-likeness (QED) is 0.265. The molecular weight excluding hydrogens is 494 g/mol. The summed E-state index contributed by atoms with van der Waals surface area (Å²) in [6.07, 6.45) is 0.526. The predicted molar refractivity (Wildman–Crippen MR) is 155 cm³/mol. The lowest BCUT2D eigenvalue weighted by molar-refractivity contribution is 0.102. The van der Waals surface area contributed by atoms with Gasteiger partial charge in [-0.25, -0.2) is 9.78 Å². The number of nitrogens with zero attached hydrogens (tertiary/aromatic N) is 2. The standard InChI is InChI=1S/C31H33N3O3S/c1-6-21-12-14-22(15-13-21)24-10-8-9-11-25(24)29(35)33-23-16-17-28(26(18-23)27-19-38-20-32-27)37-30(36)34(7-2)31(3,4)5/h8-20H,6-7H2,1-5H3,(H,33,35). The van der Waals surface area contributed by atoms with Gasteiger partial charge in [-0.15, -0.1) is 11.3 Å². The van der Waals surface area contributed by atoms with E-state index < -0.39 is 6.09 Å². The molecule has 0 radical (unpaired) electrons. The topological polar surface area (TPSA) is 71.5 Å². The van der Waals surface area contributed by atoms with Crippen molar-refractivity contribution in [3.63, 3.8) is 0 Å². The highest BCUT2D eigenvalue weighted by Gasteiger charge is 2.27. The number of ether oxygens (including phenoxy) is 1.